The summed E-state index contributed by atoms with van der Waals surface area (Å²) in [7, 11) is 0. The molecule has 0 saturated carbocycles. The van der Waals surface area contributed by atoms with E-state index in [-0.39, 0.29) is 0 Å². The van der Waals surface area contributed by atoms with Gasteiger partial charge in [-0.1, -0.05) is 127 Å². The van der Waals surface area contributed by atoms with Gasteiger partial charge in [0.05, 0.1) is 11.4 Å². The summed E-state index contributed by atoms with van der Waals surface area (Å²) in [6, 6.07) is 60.6. The van der Waals surface area contributed by atoms with Crippen LogP contribution >= 0.6 is 0 Å². The molecule has 0 N–H and O–H groups in total. The normalized spacial score (nSPS) is 11.6. The quantitative estimate of drug-likeness (QED) is 0.171. The molecule has 4 heterocycles. The second-order valence-electron chi connectivity index (χ2n) is 14.0. The first-order valence-corrected chi connectivity index (χ1v) is 18.7. The van der Waals surface area contributed by atoms with E-state index in [1.165, 1.54) is 0 Å². The van der Waals surface area contributed by atoms with E-state index >= 15 is 0 Å². The second kappa shape index (κ2) is 13.0. The predicted molar refractivity (Wildman–Crippen MR) is 227 cm³/mol. The molecule has 0 bridgehead atoms. The third kappa shape index (κ3) is 5.37. The lowest BCUT2D eigenvalue weighted by atomic mass is 9.94. The van der Waals surface area contributed by atoms with Crippen LogP contribution in [0.4, 0.5) is 0 Å². The van der Waals surface area contributed by atoms with Gasteiger partial charge in [0.15, 0.2) is 5.82 Å². The number of para-hydroxylation sites is 2. The van der Waals surface area contributed by atoms with Gasteiger partial charge in [-0.2, -0.15) is 0 Å². The SMILES string of the molecule is c1ccc(-c2cc(-c3ccccc3-c3ccncc3)nc(-c3ccc(-c4ccc(-c5ccc6c(c5)oc5ccccc56)c5c4oc4ccccc45)cc3)n2)cc1. The van der Waals surface area contributed by atoms with Gasteiger partial charge < -0.3 is 8.83 Å². The zero-order chi connectivity index (χ0) is 37.0. The Balaban J connectivity index is 1.03. The molecule has 0 saturated heterocycles. The molecule has 0 fully saturated rings. The maximum absolute atomic E-state index is 6.68. The first-order valence-electron chi connectivity index (χ1n) is 18.7. The van der Waals surface area contributed by atoms with Crippen molar-refractivity contribution in [1.29, 1.82) is 0 Å². The summed E-state index contributed by atoms with van der Waals surface area (Å²) in [5.41, 5.74) is 14.5. The van der Waals surface area contributed by atoms with E-state index in [9.17, 15) is 0 Å². The Labute approximate surface area is 322 Å². The summed E-state index contributed by atoms with van der Waals surface area (Å²) in [6.07, 6.45) is 3.64. The number of nitrogens with zero attached hydrogens (tertiary/aromatic N) is 3. The Kier molecular flexibility index (Phi) is 7.42. The van der Waals surface area contributed by atoms with Crippen LogP contribution in [-0.2, 0) is 0 Å². The Morgan fingerprint density at radius 3 is 1.77 bits per heavy atom. The minimum absolute atomic E-state index is 0.655. The standard InChI is InChI=1S/C51H31N3O2/c1-2-10-34(11-3-1)44-31-45(40-13-5-4-12-37(40)33-26-28-52-29-27-33)54-51(53-44)35-20-18-32(19-21-35)39-25-24-38(49-43-15-7-9-17-47(43)56-50(39)49)36-22-23-42-41-14-6-8-16-46(41)55-48(42)30-36/h1-31H. The summed E-state index contributed by atoms with van der Waals surface area (Å²) < 4.78 is 13.0. The lowest BCUT2D eigenvalue weighted by molar-refractivity contribution is 0.668. The maximum Gasteiger partial charge on any atom is 0.160 e. The number of benzene rings is 7. The Bertz CT molecular complexity index is 3240. The highest BCUT2D eigenvalue weighted by atomic mass is 16.3. The number of fused-ring (bicyclic) bond motifs is 6. The Hall–Kier alpha value is -7.63. The lowest BCUT2D eigenvalue weighted by Crippen LogP contribution is -1.97. The third-order valence-corrected chi connectivity index (χ3v) is 10.7. The van der Waals surface area contributed by atoms with Crippen molar-refractivity contribution in [2.75, 3.05) is 0 Å². The molecule has 11 rings (SSSR count). The van der Waals surface area contributed by atoms with Gasteiger partial charge in [-0.15, -0.1) is 0 Å². The van der Waals surface area contributed by atoms with E-state index in [0.717, 1.165) is 105 Å². The van der Waals surface area contributed by atoms with Gasteiger partial charge in [0.2, 0.25) is 0 Å². The zero-order valence-electron chi connectivity index (χ0n) is 30.1. The number of pyridine rings is 1. The first-order chi connectivity index (χ1) is 27.7. The molecule has 0 aliphatic carbocycles. The highest BCUT2D eigenvalue weighted by molar-refractivity contribution is 6.17. The molecule has 0 radical (unpaired) electrons. The summed E-state index contributed by atoms with van der Waals surface area (Å²) in [6.45, 7) is 0. The third-order valence-electron chi connectivity index (χ3n) is 10.7. The van der Waals surface area contributed by atoms with Crippen LogP contribution in [0.1, 0.15) is 0 Å². The summed E-state index contributed by atoms with van der Waals surface area (Å²) in [5, 5.41) is 4.38. The number of rotatable bonds is 6. The fourth-order valence-electron chi connectivity index (χ4n) is 7.95. The van der Waals surface area contributed by atoms with Crippen molar-refractivity contribution >= 4 is 43.9 Å². The van der Waals surface area contributed by atoms with Crippen LogP contribution in [0.15, 0.2) is 197 Å². The largest absolute Gasteiger partial charge is 0.456 e. The van der Waals surface area contributed by atoms with Crippen molar-refractivity contribution in [3.05, 3.63) is 188 Å². The molecule has 262 valence electrons. The van der Waals surface area contributed by atoms with Crippen molar-refractivity contribution < 1.29 is 8.83 Å². The van der Waals surface area contributed by atoms with Crippen LogP contribution in [0, 0.1) is 0 Å². The average molecular weight is 718 g/mol. The number of hydrogen-bond donors (Lipinski definition) is 0. The molecule has 0 unspecified atom stereocenters. The van der Waals surface area contributed by atoms with Crippen molar-refractivity contribution in [2.24, 2.45) is 0 Å². The number of hydrogen-bond acceptors (Lipinski definition) is 5. The molecule has 0 spiro atoms. The first kappa shape index (κ1) is 31.9. The number of aromatic nitrogens is 3. The fraction of sp³-hybridized carbons (Fsp3) is 0. The molecule has 0 amide bonds. The molecule has 5 nitrogen and oxygen atoms in total. The van der Waals surface area contributed by atoms with Gasteiger partial charge in [-0.05, 0) is 76.3 Å². The molecule has 4 aromatic heterocycles. The van der Waals surface area contributed by atoms with Crippen molar-refractivity contribution in [2.45, 2.75) is 0 Å². The van der Waals surface area contributed by atoms with Crippen LogP contribution in [0.25, 0.3) is 111 Å². The van der Waals surface area contributed by atoms with Gasteiger partial charge in [-0.3, -0.25) is 4.98 Å². The molecule has 56 heavy (non-hydrogen) atoms. The minimum Gasteiger partial charge on any atom is -0.456 e. The summed E-state index contributed by atoms with van der Waals surface area (Å²) >= 11 is 0. The highest BCUT2D eigenvalue weighted by Gasteiger charge is 2.19. The monoisotopic (exact) mass is 717 g/mol. The van der Waals surface area contributed by atoms with Crippen molar-refractivity contribution in [1.82, 2.24) is 15.0 Å². The van der Waals surface area contributed by atoms with E-state index in [0.29, 0.717) is 5.82 Å². The molecule has 7 aromatic carbocycles. The van der Waals surface area contributed by atoms with E-state index in [1.54, 1.807) is 0 Å². The van der Waals surface area contributed by atoms with Gasteiger partial charge in [0.1, 0.15) is 22.3 Å². The smallest absolute Gasteiger partial charge is 0.160 e. The van der Waals surface area contributed by atoms with E-state index in [1.807, 2.05) is 73.1 Å². The average Bonchev–Trinajstić information content (AvgIpc) is 3.85. The molecule has 5 heteroatoms. The molecule has 0 atom stereocenters. The summed E-state index contributed by atoms with van der Waals surface area (Å²) in [4.78, 5) is 14.5. The van der Waals surface area contributed by atoms with Crippen LogP contribution in [-0.4, -0.2) is 15.0 Å². The molecule has 0 aliphatic heterocycles. The fourth-order valence-corrected chi connectivity index (χ4v) is 7.95. The molecule has 11 aromatic rings. The predicted octanol–water partition coefficient (Wildman–Crippen LogP) is 13.7. The second-order valence-corrected chi connectivity index (χ2v) is 14.0. The van der Waals surface area contributed by atoms with Gasteiger partial charge in [0, 0.05) is 56.2 Å². The molecule has 0 aliphatic rings. The topological polar surface area (TPSA) is 65.0 Å². The van der Waals surface area contributed by atoms with Crippen molar-refractivity contribution in [3.63, 3.8) is 0 Å². The minimum atomic E-state index is 0.655. The van der Waals surface area contributed by atoms with Crippen LogP contribution in [0.5, 0.6) is 0 Å². The van der Waals surface area contributed by atoms with Gasteiger partial charge >= 0.3 is 0 Å². The number of furan rings is 2. The summed E-state index contributed by atoms with van der Waals surface area (Å²) in [5.74, 6) is 0.655. The van der Waals surface area contributed by atoms with Crippen LogP contribution < -0.4 is 0 Å². The maximum atomic E-state index is 6.68. The highest BCUT2D eigenvalue weighted by Crippen LogP contribution is 2.43. The van der Waals surface area contributed by atoms with Gasteiger partial charge in [-0.25, -0.2) is 9.97 Å². The Morgan fingerprint density at radius 1 is 0.339 bits per heavy atom. The lowest BCUT2D eigenvalue weighted by Gasteiger charge is -2.13. The van der Waals surface area contributed by atoms with Crippen LogP contribution in [0.3, 0.4) is 0 Å². The van der Waals surface area contributed by atoms with Crippen molar-refractivity contribution in [3.8, 4) is 67.3 Å². The molecular formula is C51H31N3O2. The Morgan fingerprint density at radius 2 is 0.946 bits per heavy atom. The van der Waals surface area contributed by atoms with E-state index in [4.69, 9.17) is 18.8 Å². The van der Waals surface area contributed by atoms with Crippen LogP contribution in [0.2, 0.25) is 0 Å². The van der Waals surface area contributed by atoms with E-state index in [2.05, 4.69) is 120 Å². The van der Waals surface area contributed by atoms with Gasteiger partial charge in [0.25, 0.3) is 0 Å². The molecular weight excluding hydrogens is 687 g/mol. The van der Waals surface area contributed by atoms with E-state index < -0.39 is 0 Å². The zero-order valence-corrected chi connectivity index (χ0v) is 30.1.